The topological polar surface area (TPSA) is 139 Å². The van der Waals surface area contributed by atoms with Gasteiger partial charge in [-0.1, -0.05) is 30.0 Å². The van der Waals surface area contributed by atoms with Gasteiger partial charge in [0.2, 0.25) is 17.0 Å². The maximum absolute atomic E-state index is 12.9. The Labute approximate surface area is 181 Å². The average molecular weight is 442 g/mol. The van der Waals surface area contributed by atoms with Gasteiger partial charge in [-0.15, -0.1) is 10.2 Å². The van der Waals surface area contributed by atoms with E-state index in [1.54, 1.807) is 36.4 Å². The number of carbonyl (C=O) groups is 2. The molecule has 0 saturated heterocycles. The van der Waals surface area contributed by atoms with Crippen molar-refractivity contribution in [2.45, 2.75) is 12.1 Å². The van der Waals surface area contributed by atoms with Crippen molar-refractivity contribution in [2.24, 2.45) is 5.10 Å². The van der Waals surface area contributed by atoms with Crippen molar-refractivity contribution < 1.29 is 14.0 Å². The van der Waals surface area contributed by atoms with Crippen LogP contribution in [-0.4, -0.2) is 38.7 Å². The van der Waals surface area contributed by atoms with E-state index in [1.807, 2.05) is 0 Å². The Morgan fingerprint density at radius 1 is 1.16 bits per heavy atom. The SMILES string of the molecule is CC(=O)Nc1cccc(NC(=O)CSc2nnc(N/N=C/c3ccc(F)cc3)n2N)c1. The van der Waals surface area contributed by atoms with Crippen LogP contribution in [0.5, 0.6) is 0 Å². The number of amides is 2. The van der Waals surface area contributed by atoms with E-state index in [4.69, 9.17) is 5.84 Å². The molecule has 3 rings (SSSR count). The molecule has 10 nitrogen and oxygen atoms in total. The number of carbonyl (C=O) groups excluding carboxylic acids is 2. The number of nitrogens with zero attached hydrogens (tertiary/aromatic N) is 4. The molecule has 3 aromatic rings. The van der Waals surface area contributed by atoms with E-state index in [0.717, 1.165) is 16.4 Å². The number of aromatic nitrogens is 3. The van der Waals surface area contributed by atoms with Gasteiger partial charge in [-0.25, -0.2) is 14.5 Å². The lowest BCUT2D eigenvalue weighted by molar-refractivity contribution is -0.114. The summed E-state index contributed by atoms with van der Waals surface area (Å²) < 4.78 is 14.1. The minimum Gasteiger partial charge on any atom is -0.334 e. The number of hydrogen-bond acceptors (Lipinski definition) is 8. The Hall–Kier alpha value is -3.93. The second-order valence-corrected chi connectivity index (χ2v) is 7.14. The van der Waals surface area contributed by atoms with Gasteiger partial charge in [-0.3, -0.25) is 9.59 Å². The molecular weight excluding hydrogens is 423 g/mol. The van der Waals surface area contributed by atoms with Crippen LogP contribution in [0.15, 0.2) is 58.8 Å². The van der Waals surface area contributed by atoms with E-state index in [-0.39, 0.29) is 29.3 Å². The Morgan fingerprint density at radius 2 is 1.87 bits per heavy atom. The average Bonchev–Trinajstić information content (AvgIpc) is 3.07. The van der Waals surface area contributed by atoms with Crippen LogP contribution in [0.2, 0.25) is 0 Å². The molecule has 0 spiro atoms. The number of anilines is 3. The van der Waals surface area contributed by atoms with Gasteiger partial charge in [0.25, 0.3) is 5.95 Å². The van der Waals surface area contributed by atoms with Crippen LogP contribution in [0.1, 0.15) is 12.5 Å². The highest BCUT2D eigenvalue weighted by Gasteiger charge is 2.12. The summed E-state index contributed by atoms with van der Waals surface area (Å²) in [6.45, 7) is 1.40. The molecule has 2 aromatic carbocycles. The first-order valence-corrected chi connectivity index (χ1v) is 9.95. The lowest BCUT2D eigenvalue weighted by Crippen LogP contribution is -2.17. The molecule has 12 heteroatoms. The standard InChI is InChI=1S/C19H19FN8O2S/c1-12(29)23-15-3-2-4-16(9-15)24-17(30)11-31-19-27-26-18(28(19)21)25-22-10-13-5-7-14(20)8-6-13/h2-10H,11,21H2,1H3,(H,23,29)(H,24,30)(H,25,26)/b22-10+. The van der Waals surface area contributed by atoms with E-state index >= 15 is 0 Å². The summed E-state index contributed by atoms with van der Waals surface area (Å²) >= 11 is 1.09. The molecule has 0 fully saturated rings. The minimum absolute atomic E-state index is 0.0402. The van der Waals surface area contributed by atoms with Gasteiger partial charge in [-0.2, -0.15) is 5.10 Å². The number of nitrogen functional groups attached to an aromatic ring is 1. The summed E-state index contributed by atoms with van der Waals surface area (Å²) in [6, 6.07) is 12.6. The molecule has 0 aliphatic carbocycles. The van der Waals surface area contributed by atoms with Crippen molar-refractivity contribution in [1.82, 2.24) is 14.9 Å². The van der Waals surface area contributed by atoms with Gasteiger partial charge in [-0.05, 0) is 35.9 Å². The third-order valence-corrected chi connectivity index (χ3v) is 4.65. The minimum atomic E-state index is -0.335. The first kappa shape index (κ1) is 21.8. The zero-order chi connectivity index (χ0) is 22.2. The zero-order valence-corrected chi connectivity index (χ0v) is 17.2. The molecule has 160 valence electrons. The Kier molecular flexibility index (Phi) is 7.17. The van der Waals surface area contributed by atoms with Gasteiger partial charge in [0.05, 0.1) is 12.0 Å². The lowest BCUT2D eigenvalue weighted by atomic mass is 10.2. The van der Waals surface area contributed by atoms with E-state index in [9.17, 15) is 14.0 Å². The molecule has 1 heterocycles. The first-order chi connectivity index (χ1) is 14.9. The molecule has 1 aromatic heterocycles. The van der Waals surface area contributed by atoms with E-state index in [2.05, 4.69) is 31.4 Å². The summed E-state index contributed by atoms with van der Waals surface area (Å²) in [6.07, 6.45) is 1.48. The summed E-state index contributed by atoms with van der Waals surface area (Å²) in [5.74, 6) is 5.31. The van der Waals surface area contributed by atoms with Gasteiger partial charge < -0.3 is 16.5 Å². The van der Waals surface area contributed by atoms with Crippen molar-refractivity contribution in [2.75, 3.05) is 27.7 Å². The van der Waals surface area contributed by atoms with Crippen molar-refractivity contribution in [3.05, 3.63) is 59.9 Å². The third-order valence-electron chi connectivity index (χ3n) is 3.71. The Morgan fingerprint density at radius 3 is 2.58 bits per heavy atom. The van der Waals surface area contributed by atoms with Gasteiger partial charge in [0, 0.05) is 18.3 Å². The number of nitrogens with two attached hydrogens (primary N) is 1. The van der Waals surface area contributed by atoms with Crippen LogP contribution in [0, 0.1) is 5.82 Å². The smallest absolute Gasteiger partial charge is 0.264 e. The van der Waals surface area contributed by atoms with Crippen molar-refractivity contribution in [1.29, 1.82) is 0 Å². The predicted molar refractivity (Wildman–Crippen MR) is 118 cm³/mol. The van der Waals surface area contributed by atoms with Gasteiger partial charge in [0.15, 0.2) is 0 Å². The molecule has 0 atom stereocenters. The second-order valence-electron chi connectivity index (χ2n) is 6.20. The molecular formula is C19H19FN8O2S. The van der Waals surface area contributed by atoms with Crippen LogP contribution < -0.4 is 21.9 Å². The summed E-state index contributed by atoms with van der Waals surface area (Å²) in [7, 11) is 0. The molecule has 0 bridgehead atoms. The molecule has 0 aliphatic rings. The van der Waals surface area contributed by atoms with Crippen molar-refractivity contribution in [3.63, 3.8) is 0 Å². The largest absolute Gasteiger partial charge is 0.334 e. The van der Waals surface area contributed by atoms with Crippen molar-refractivity contribution >= 4 is 47.1 Å². The van der Waals surface area contributed by atoms with Crippen LogP contribution in [0.25, 0.3) is 0 Å². The number of hydrazone groups is 1. The van der Waals surface area contributed by atoms with E-state index in [1.165, 1.54) is 25.3 Å². The van der Waals surface area contributed by atoms with Crippen LogP contribution >= 0.6 is 11.8 Å². The van der Waals surface area contributed by atoms with E-state index in [0.29, 0.717) is 22.1 Å². The summed E-state index contributed by atoms with van der Waals surface area (Å²) in [4.78, 5) is 23.3. The quantitative estimate of drug-likeness (QED) is 0.182. The normalized spacial score (nSPS) is 10.8. The van der Waals surface area contributed by atoms with Gasteiger partial charge in [0.1, 0.15) is 5.82 Å². The fourth-order valence-electron chi connectivity index (χ4n) is 2.37. The van der Waals surface area contributed by atoms with Crippen molar-refractivity contribution in [3.8, 4) is 0 Å². The number of rotatable bonds is 8. The Bertz CT molecular complexity index is 1100. The third kappa shape index (κ3) is 6.54. The molecule has 0 unspecified atom stereocenters. The highest BCUT2D eigenvalue weighted by molar-refractivity contribution is 7.99. The molecule has 2 amide bonds. The molecule has 0 radical (unpaired) electrons. The monoisotopic (exact) mass is 442 g/mol. The van der Waals surface area contributed by atoms with Crippen LogP contribution in [0.3, 0.4) is 0 Å². The van der Waals surface area contributed by atoms with Crippen LogP contribution in [0.4, 0.5) is 21.7 Å². The number of thioether (sulfide) groups is 1. The fourth-order valence-corrected chi connectivity index (χ4v) is 3.03. The zero-order valence-electron chi connectivity index (χ0n) is 16.4. The fraction of sp³-hybridized carbons (Fsp3) is 0.105. The summed E-state index contributed by atoms with van der Waals surface area (Å²) in [5, 5.41) is 17.5. The predicted octanol–water partition coefficient (Wildman–Crippen LogP) is 2.27. The molecule has 0 saturated carbocycles. The molecule has 31 heavy (non-hydrogen) atoms. The number of hydrogen-bond donors (Lipinski definition) is 4. The molecule has 5 N–H and O–H groups in total. The molecule has 0 aliphatic heterocycles. The first-order valence-electron chi connectivity index (χ1n) is 8.96. The van der Waals surface area contributed by atoms with Crippen LogP contribution in [-0.2, 0) is 9.59 Å². The highest BCUT2D eigenvalue weighted by Crippen LogP contribution is 2.19. The maximum atomic E-state index is 12.9. The van der Waals surface area contributed by atoms with Gasteiger partial charge >= 0.3 is 0 Å². The number of nitrogens with one attached hydrogen (secondary N) is 3. The maximum Gasteiger partial charge on any atom is 0.264 e. The van der Waals surface area contributed by atoms with E-state index < -0.39 is 0 Å². The Balaban J connectivity index is 1.51. The number of benzene rings is 2. The summed E-state index contributed by atoms with van der Waals surface area (Å²) in [5.41, 5.74) is 4.45. The lowest BCUT2D eigenvalue weighted by Gasteiger charge is -2.07. The second kappa shape index (κ2) is 10.2. The highest BCUT2D eigenvalue weighted by atomic mass is 32.2. The number of halogens is 1.